The van der Waals surface area contributed by atoms with E-state index in [1.54, 1.807) is 32.0 Å². The van der Waals surface area contributed by atoms with Crippen molar-refractivity contribution in [3.05, 3.63) is 47.4 Å². The number of rotatable bonds is 4. The fourth-order valence-electron chi connectivity index (χ4n) is 2.63. The number of carbonyl (C=O) groups is 1. The number of sulfonamides is 1. The lowest BCUT2D eigenvalue weighted by atomic mass is 10.2. The van der Waals surface area contributed by atoms with Gasteiger partial charge in [-0.2, -0.15) is 0 Å². The Morgan fingerprint density at radius 2 is 2.04 bits per heavy atom. The highest BCUT2D eigenvalue weighted by Crippen LogP contribution is 2.19. The van der Waals surface area contributed by atoms with Crippen LogP contribution >= 0.6 is 0 Å². The Balaban J connectivity index is 1.79. The molecule has 0 fully saturated rings. The summed E-state index contributed by atoms with van der Waals surface area (Å²) >= 11 is 0. The van der Waals surface area contributed by atoms with E-state index in [4.69, 9.17) is 4.42 Å². The monoisotopic (exact) mass is 361 g/mol. The summed E-state index contributed by atoms with van der Waals surface area (Å²) < 4.78 is 32.7. The SMILES string of the molecule is Cc1cc(C(=O)Nc2cccc(S(=O)(=O)NC3=NCCC3)c2)c(C)o1. The van der Waals surface area contributed by atoms with Crippen LogP contribution in [0.2, 0.25) is 0 Å². The molecule has 1 aliphatic rings. The zero-order chi connectivity index (χ0) is 18.0. The molecule has 0 aliphatic carbocycles. The lowest BCUT2D eigenvalue weighted by molar-refractivity contribution is 0.102. The van der Waals surface area contributed by atoms with E-state index in [1.165, 1.54) is 12.1 Å². The first-order valence-corrected chi connectivity index (χ1v) is 9.38. The summed E-state index contributed by atoms with van der Waals surface area (Å²) in [4.78, 5) is 16.5. The predicted molar refractivity (Wildman–Crippen MR) is 94.4 cm³/mol. The van der Waals surface area contributed by atoms with Gasteiger partial charge in [0.05, 0.1) is 10.5 Å². The molecule has 3 rings (SSSR count). The number of aryl methyl sites for hydroxylation is 2. The van der Waals surface area contributed by atoms with Crippen molar-refractivity contribution < 1.29 is 17.6 Å². The van der Waals surface area contributed by atoms with Gasteiger partial charge in [-0.05, 0) is 44.5 Å². The normalized spacial score (nSPS) is 14.2. The topological polar surface area (TPSA) is 101 Å². The summed E-state index contributed by atoms with van der Waals surface area (Å²) in [7, 11) is -3.72. The molecule has 2 heterocycles. The molecule has 0 spiro atoms. The largest absolute Gasteiger partial charge is 0.466 e. The maximum Gasteiger partial charge on any atom is 0.262 e. The van der Waals surface area contributed by atoms with E-state index in [-0.39, 0.29) is 10.8 Å². The molecule has 25 heavy (non-hydrogen) atoms. The number of amides is 1. The van der Waals surface area contributed by atoms with E-state index in [0.29, 0.717) is 41.6 Å². The van der Waals surface area contributed by atoms with Crippen LogP contribution in [-0.4, -0.2) is 26.7 Å². The summed E-state index contributed by atoms with van der Waals surface area (Å²) in [6.45, 7) is 4.10. The highest BCUT2D eigenvalue weighted by atomic mass is 32.2. The summed E-state index contributed by atoms with van der Waals surface area (Å²) in [6, 6.07) is 7.74. The lowest BCUT2D eigenvalue weighted by Gasteiger charge is -2.10. The summed E-state index contributed by atoms with van der Waals surface area (Å²) in [6.07, 6.45) is 1.46. The zero-order valence-corrected chi connectivity index (χ0v) is 14.8. The standard InChI is InChI=1S/C17H19N3O4S/c1-11-9-15(12(2)24-11)17(21)19-13-5-3-6-14(10-13)25(22,23)20-16-7-4-8-18-16/h3,5-6,9-10H,4,7-8H2,1-2H3,(H,18,20)(H,19,21). The van der Waals surface area contributed by atoms with Gasteiger partial charge in [-0.3, -0.25) is 14.5 Å². The smallest absolute Gasteiger partial charge is 0.262 e. The Morgan fingerprint density at radius 3 is 2.68 bits per heavy atom. The molecule has 2 aromatic rings. The number of amidine groups is 1. The van der Waals surface area contributed by atoms with Gasteiger partial charge in [0.25, 0.3) is 15.9 Å². The van der Waals surface area contributed by atoms with Crippen LogP contribution in [-0.2, 0) is 10.0 Å². The highest BCUT2D eigenvalue weighted by molar-refractivity contribution is 7.90. The van der Waals surface area contributed by atoms with Crippen molar-refractivity contribution in [1.82, 2.24) is 4.72 Å². The Labute approximate surface area is 146 Å². The molecule has 0 saturated carbocycles. The first-order chi connectivity index (χ1) is 11.8. The van der Waals surface area contributed by atoms with Crippen molar-refractivity contribution in [3.63, 3.8) is 0 Å². The first-order valence-electron chi connectivity index (χ1n) is 7.90. The van der Waals surface area contributed by atoms with E-state index in [9.17, 15) is 13.2 Å². The van der Waals surface area contributed by atoms with Crippen LogP contribution in [0.15, 0.2) is 44.6 Å². The van der Waals surface area contributed by atoms with Crippen LogP contribution in [0.5, 0.6) is 0 Å². The number of carbonyl (C=O) groups excluding carboxylic acids is 1. The van der Waals surface area contributed by atoms with Crippen LogP contribution in [0.3, 0.4) is 0 Å². The van der Waals surface area contributed by atoms with Crippen molar-refractivity contribution in [2.45, 2.75) is 31.6 Å². The maximum atomic E-state index is 12.4. The first kappa shape index (κ1) is 17.2. The number of hydrogen-bond donors (Lipinski definition) is 2. The molecule has 1 aromatic heterocycles. The molecular weight excluding hydrogens is 342 g/mol. The summed E-state index contributed by atoms with van der Waals surface area (Å²) in [5.74, 6) is 1.27. The Kier molecular flexibility index (Phi) is 4.63. The van der Waals surface area contributed by atoms with E-state index >= 15 is 0 Å². The van der Waals surface area contributed by atoms with E-state index in [2.05, 4.69) is 15.0 Å². The van der Waals surface area contributed by atoms with Crippen LogP contribution < -0.4 is 10.0 Å². The molecule has 132 valence electrons. The number of benzene rings is 1. The van der Waals surface area contributed by atoms with E-state index in [1.807, 2.05) is 0 Å². The average Bonchev–Trinajstić information content (AvgIpc) is 3.16. The van der Waals surface area contributed by atoms with Gasteiger partial charge in [0, 0.05) is 18.7 Å². The van der Waals surface area contributed by atoms with Crippen molar-refractivity contribution >= 4 is 27.5 Å². The van der Waals surface area contributed by atoms with Crippen LogP contribution in [0.25, 0.3) is 0 Å². The second-order valence-electron chi connectivity index (χ2n) is 5.85. The molecule has 1 aliphatic heterocycles. The van der Waals surface area contributed by atoms with Gasteiger partial charge in [0.1, 0.15) is 17.4 Å². The molecule has 0 radical (unpaired) electrons. The van der Waals surface area contributed by atoms with Gasteiger partial charge in [-0.15, -0.1) is 0 Å². The summed E-state index contributed by atoms with van der Waals surface area (Å²) in [5.41, 5.74) is 0.809. The van der Waals surface area contributed by atoms with Crippen LogP contribution in [0.4, 0.5) is 5.69 Å². The number of nitrogens with one attached hydrogen (secondary N) is 2. The van der Waals surface area contributed by atoms with Gasteiger partial charge in [-0.25, -0.2) is 8.42 Å². The van der Waals surface area contributed by atoms with Gasteiger partial charge < -0.3 is 9.73 Å². The third-order valence-electron chi connectivity index (χ3n) is 3.81. The van der Waals surface area contributed by atoms with Crippen molar-refractivity contribution in [3.8, 4) is 0 Å². The molecule has 7 nitrogen and oxygen atoms in total. The van der Waals surface area contributed by atoms with Crippen LogP contribution in [0.1, 0.15) is 34.7 Å². The Hall–Kier alpha value is -2.61. The molecule has 0 saturated heterocycles. The average molecular weight is 361 g/mol. The fourth-order valence-corrected chi connectivity index (χ4v) is 3.77. The molecule has 0 atom stereocenters. The fraction of sp³-hybridized carbons (Fsp3) is 0.294. The highest BCUT2D eigenvalue weighted by Gasteiger charge is 2.19. The quantitative estimate of drug-likeness (QED) is 0.874. The van der Waals surface area contributed by atoms with Crippen LogP contribution in [0, 0.1) is 13.8 Å². The zero-order valence-electron chi connectivity index (χ0n) is 14.0. The Morgan fingerprint density at radius 1 is 1.24 bits per heavy atom. The minimum atomic E-state index is -3.72. The Bertz CT molecular complexity index is 945. The molecule has 0 bridgehead atoms. The van der Waals surface area contributed by atoms with Gasteiger partial charge in [0.15, 0.2) is 0 Å². The van der Waals surface area contributed by atoms with Crippen molar-refractivity contribution in [2.24, 2.45) is 4.99 Å². The molecular formula is C17H19N3O4S. The van der Waals surface area contributed by atoms with Gasteiger partial charge >= 0.3 is 0 Å². The minimum absolute atomic E-state index is 0.0694. The number of hydrogen-bond acceptors (Lipinski definition) is 5. The number of aliphatic imine (C=N–C) groups is 1. The van der Waals surface area contributed by atoms with Gasteiger partial charge in [-0.1, -0.05) is 6.07 Å². The lowest BCUT2D eigenvalue weighted by Crippen LogP contribution is -2.29. The summed E-state index contributed by atoms with van der Waals surface area (Å²) in [5, 5.41) is 2.70. The van der Waals surface area contributed by atoms with Crippen molar-refractivity contribution in [2.75, 3.05) is 11.9 Å². The van der Waals surface area contributed by atoms with Gasteiger partial charge in [0.2, 0.25) is 0 Å². The number of anilines is 1. The molecule has 2 N–H and O–H groups in total. The van der Waals surface area contributed by atoms with E-state index < -0.39 is 10.0 Å². The molecule has 1 amide bonds. The maximum absolute atomic E-state index is 12.4. The third kappa shape index (κ3) is 3.90. The predicted octanol–water partition coefficient (Wildman–Crippen LogP) is 2.62. The molecule has 8 heteroatoms. The second kappa shape index (κ2) is 6.72. The second-order valence-corrected chi connectivity index (χ2v) is 7.53. The minimum Gasteiger partial charge on any atom is -0.466 e. The molecule has 0 unspecified atom stereocenters. The van der Waals surface area contributed by atoms with E-state index in [0.717, 1.165) is 6.42 Å². The number of furan rings is 1. The molecule has 1 aromatic carbocycles. The van der Waals surface area contributed by atoms with Crippen molar-refractivity contribution in [1.29, 1.82) is 0 Å². The number of nitrogens with zero attached hydrogens (tertiary/aromatic N) is 1. The third-order valence-corrected chi connectivity index (χ3v) is 5.19.